The average molecular weight is 204 g/mol. The molecule has 1 fully saturated rings. The van der Waals surface area contributed by atoms with Gasteiger partial charge in [-0.1, -0.05) is 0 Å². The predicted molar refractivity (Wildman–Crippen MR) is 48.1 cm³/mol. The van der Waals surface area contributed by atoms with Crippen LogP contribution in [0.3, 0.4) is 0 Å². The van der Waals surface area contributed by atoms with E-state index in [1.165, 1.54) is 6.92 Å². The van der Waals surface area contributed by atoms with Crippen LogP contribution >= 0.6 is 0 Å². The van der Waals surface area contributed by atoms with E-state index in [0.29, 0.717) is 0 Å². The van der Waals surface area contributed by atoms with Crippen molar-refractivity contribution in [2.45, 2.75) is 44.4 Å². The van der Waals surface area contributed by atoms with Gasteiger partial charge in [-0.3, -0.25) is 4.79 Å². The number of amides is 1. The molecule has 82 valence electrons. The Morgan fingerprint density at radius 3 is 2.57 bits per heavy atom. The summed E-state index contributed by atoms with van der Waals surface area (Å²) >= 11 is 0. The fraction of sp³-hybridized carbons (Fsp3) is 0.875. The van der Waals surface area contributed by atoms with Crippen LogP contribution in [0, 0.1) is 0 Å². The van der Waals surface area contributed by atoms with Crippen LogP contribution in [0.15, 0.2) is 0 Å². The van der Waals surface area contributed by atoms with Gasteiger partial charge in [-0.2, -0.15) is 0 Å². The van der Waals surface area contributed by atoms with Gasteiger partial charge in [0.1, 0.15) is 0 Å². The highest BCUT2D eigenvalue weighted by Crippen LogP contribution is 2.17. The van der Waals surface area contributed by atoms with Gasteiger partial charge in [-0.25, -0.2) is 0 Å². The summed E-state index contributed by atoms with van der Waals surface area (Å²) in [4.78, 5) is 10.8. The molecule has 5 atom stereocenters. The molecule has 0 spiro atoms. The van der Waals surface area contributed by atoms with Gasteiger partial charge in [0.05, 0.1) is 24.3 Å². The molecule has 1 amide bonds. The molecule has 1 aliphatic heterocycles. The zero-order valence-electron chi connectivity index (χ0n) is 8.18. The van der Waals surface area contributed by atoms with Crippen molar-refractivity contribution in [3.63, 3.8) is 0 Å². The smallest absolute Gasteiger partial charge is 0.217 e. The molecule has 0 aromatic carbocycles. The summed E-state index contributed by atoms with van der Waals surface area (Å²) in [5.41, 5.74) is 5.47. The molecule has 6 nitrogen and oxygen atoms in total. The average Bonchev–Trinajstić information content (AvgIpc) is 2.09. The first-order valence-electron chi connectivity index (χ1n) is 4.47. The minimum atomic E-state index is -1.19. The van der Waals surface area contributed by atoms with Crippen LogP contribution in [0.4, 0.5) is 0 Å². The number of hydrogen-bond acceptors (Lipinski definition) is 5. The van der Waals surface area contributed by atoms with Crippen LogP contribution in [0.2, 0.25) is 0 Å². The molecule has 0 aromatic rings. The van der Waals surface area contributed by atoms with Crippen molar-refractivity contribution in [2.75, 3.05) is 0 Å². The third kappa shape index (κ3) is 2.21. The number of aliphatic hydroxyl groups is 2. The van der Waals surface area contributed by atoms with Crippen molar-refractivity contribution in [3.8, 4) is 0 Å². The van der Waals surface area contributed by atoms with E-state index in [9.17, 15) is 15.0 Å². The van der Waals surface area contributed by atoms with Crippen molar-refractivity contribution in [1.29, 1.82) is 0 Å². The zero-order valence-corrected chi connectivity index (χ0v) is 8.18. The molecule has 5 N–H and O–H groups in total. The fourth-order valence-corrected chi connectivity index (χ4v) is 1.52. The molecule has 1 heterocycles. The van der Waals surface area contributed by atoms with Gasteiger partial charge < -0.3 is 26.0 Å². The number of hydrogen-bond donors (Lipinski definition) is 4. The number of nitrogens with one attached hydrogen (secondary N) is 1. The van der Waals surface area contributed by atoms with E-state index < -0.39 is 30.6 Å². The van der Waals surface area contributed by atoms with Gasteiger partial charge in [0.2, 0.25) is 5.91 Å². The molecular weight excluding hydrogens is 188 g/mol. The van der Waals surface area contributed by atoms with Gasteiger partial charge in [0, 0.05) is 6.92 Å². The fourth-order valence-electron chi connectivity index (χ4n) is 1.52. The Labute approximate surface area is 82.0 Å². The molecule has 0 saturated carbocycles. The summed E-state index contributed by atoms with van der Waals surface area (Å²) in [6.07, 6.45) is -2.66. The second kappa shape index (κ2) is 4.22. The number of carbonyl (C=O) groups excluding carboxylic acids is 1. The van der Waals surface area contributed by atoms with Gasteiger partial charge in [0.25, 0.3) is 0 Å². The molecule has 0 aromatic heterocycles. The first-order chi connectivity index (χ1) is 6.43. The molecule has 1 rings (SSSR count). The van der Waals surface area contributed by atoms with Gasteiger partial charge in [-0.05, 0) is 6.92 Å². The Balaban J connectivity index is 2.68. The molecular formula is C8H16N2O4. The highest BCUT2D eigenvalue weighted by molar-refractivity contribution is 5.73. The van der Waals surface area contributed by atoms with Crippen LogP contribution < -0.4 is 11.1 Å². The monoisotopic (exact) mass is 204 g/mol. The summed E-state index contributed by atoms with van der Waals surface area (Å²) in [5, 5.41) is 21.4. The molecule has 0 aliphatic carbocycles. The molecule has 1 aliphatic rings. The summed E-state index contributed by atoms with van der Waals surface area (Å²) in [5.74, 6) is -0.270. The van der Waals surface area contributed by atoms with Crippen molar-refractivity contribution in [3.05, 3.63) is 0 Å². The standard InChI is InChI=1S/C8H16N2O4/c1-3-6(10-4(2)11)7(12)5(9)8(13)14-3/h3,5-8,12-13H,9H2,1-2H3,(H,10,11). The summed E-state index contributed by atoms with van der Waals surface area (Å²) in [6, 6.07) is -1.48. The van der Waals surface area contributed by atoms with E-state index in [4.69, 9.17) is 10.5 Å². The summed E-state index contributed by atoms with van der Waals surface area (Å²) < 4.78 is 5.04. The summed E-state index contributed by atoms with van der Waals surface area (Å²) in [7, 11) is 0. The van der Waals surface area contributed by atoms with Crippen LogP contribution in [0.25, 0.3) is 0 Å². The van der Waals surface area contributed by atoms with E-state index in [2.05, 4.69) is 5.32 Å². The number of carbonyl (C=O) groups is 1. The third-order valence-corrected chi connectivity index (χ3v) is 2.32. The SMILES string of the molecule is CC(=O)NC1C(C)OC(O)C(N)C1O. The minimum Gasteiger partial charge on any atom is -0.389 e. The predicted octanol–water partition coefficient (Wildman–Crippen LogP) is -2.08. The van der Waals surface area contributed by atoms with Crippen LogP contribution in [-0.4, -0.2) is 46.7 Å². The second-order valence-electron chi connectivity index (χ2n) is 3.53. The van der Waals surface area contributed by atoms with Crippen LogP contribution in [0.5, 0.6) is 0 Å². The lowest BCUT2D eigenvalue weighted by Crippen LogP contribution is -2.65. The van der Waals surface area contributed by atoms with Gasteiger partial charge >= 0.3 is 0 Å². The highest BCUT2D eigenvalue weighted by Gasteiger charge is 2.41. The maximum Gasteiger partial charge on any atom is 0.217 e. The first-order valence-corrected chi connectivity index (χ1v) is 4.47. The maximum absolute atomic E-state index is 10.8. The largest absolute Gasteiger partial charge is 0.389 e. The molecule has 14 heavy (non-hydrogen) atoms. The minimum absolute atomic E-state index is 0.270. The number of aliphatic hydroxyl groups excluding tert-OH is 2. The van der Waals surface area contributed by atoms with E-state index in [1.54, 1.807) is 6.92 Å². The lowest BCUT2D eigenvalue weighted by Gasteiger charge is -2.40. The number of rotatable bonds is 1. The number of ether oxygens (including phenoxy) is 1. The Hall–Kier alpha value is -0.690. The Bertz CT molecular complexity index is 223. The molecule has 6 heteroatoms. The van der Waals surface area contributed by atoms with Crippen LogP contribution in [0.1, 0.15) is 13.8 Å². The Morgan fingerprint density at radius 2 is 2.07 bits per heavy atom. The third-order valence-electron chi connectivity index (χ3n) is 2.32. The van der Waals surface area contributed by atoms with Gasteiger partial charge in [0.15, 0.2) is 6.29 Å². The second-order valence-corrected chi connectivity index (χ2v) is 3.53. The van der Waals surface area contributed by atoms with Gasteiger partial charge in [-0.15, -0.1) is 0 Å². The van der Waals surface area contributed by atoms with Crippen molar-refractivity contribution < 1.29 is 19.7 Å². The topological polar surface area (TPSA) is 105 Å². The van der Waals surface area contributed by atoms with E-state index in [-0.39, 0.29) is 5.91 Å². The van der Waals surface area contributed by atoms with Crippen molar-refractivity contribution in [2.24, 2.45) is 5.73 Å². The zero-order chi connectivity index (χ0) is 10.9. The number of nitrogens with two attached hydrogens (primary N) is 1. The molecule has 5 unspecified atom stereocenters. The Kier molecular flexibility index (Phi) is 3.43. The van der Waals surface area contributed by atoms with E-state index >= 15 is 0 Å². The van der Waals surface area contributed by atoms with Crippen molar-refractivity contribution in [1.82, 2.24) is 5.32 Å². The normalized spacial score (nSPS) is 43.4. The highest BCUT2D eigenvalue weighted by atomic mass is 16.6. The van der Waals surface area contributed by atoms with E-state index in [1.807, 2.05) is 0 Å². The van der Waals surface area contributed by atoms with E-state index in [0.717, 1.165) is 0 Å². The quantitative estimate of drug-likeness (QED) is 0.392. The van der Waals surface area contributed by atoms with Crippen molar-refractivity contribution >= 4 is 5.91 Å². The first kappa shape index (κ1) is 11.4. The molecule has 0 bridgehead atoms. The molecule has 1 saturated heterocycles. The summed E-state index contributed by atoms with van der Waals surface area (Å²) in [6.45, 7) is 2.99. The molecule has 0 radical (unpaired) electrons. The lowest BCUT2D eigenvalue weighted by atomic mass is 9.96. The van der Waals surface area contributed by atoms with Crippen LogP contribution in [-0.2, 0) is 9.53 Å². The maximum atomic E-state index is 10.8. The lowest BCUT2D eigenvalue weighted by molar-refractivity contribution is -0.207. The Morgan fingerprint density at radius 1 is 1.50 bits per heavy atom.